The predicted molar refractivity (Wildman–Crippen MR) is 130 cm³/mol. The van der Waals surface area contributed by atoms with Crippen molar-refractivity contribution in [1.29, 1.82) is 0 Å². The Morgan fingerprint density at radius 3 is 2.00 bits per heavy atom. The van der Waals surface area contributed by atoms with Gasteiger partial charge in [0.05, 0.1) is 25.5 Å². The Hall–Kier alpha value is -0.910. The van der Waals surface area contributed by atoms with Gasteiger partial charge in [-0.1, -0.05) is 47.0 Å². The molecule has 0 N–H and O–H groups in total. The average molecular weight is 471 g/mol. The number of hydrogen-bond acceptors (Lipinski definition) is 6. The average Bonchev–Trinajstić information content (AvgIpc) is 2.81. The first-order chi connectivity index (χ1) is 15.5. The third kappa shape index (κ3) is 7.30. The molecule has 1 fully saturated rings. The zero-order valence-corrected chi connectivity index (χ0v) is 21.5. The Labute approximate surface area is 194 Å². The topological polar surface area (TPSA) is 63.2 Å². The van der Waals surface area contributed by atoms with E-state index in [0.717, 1.165) is 44.3 Å². The van der Waals surface area contributed by atoms with E-state index in [1.807, 2.05) is 31.2 Å². The van der Waals surface area contributed by atoms with Gasteiger partial charge in [0.15, 0.2) is 0 Å². The molecule has 0 bridgehead atoms. The molecular formula is C25H43O6P. The Morgan fingerprint density at radius 1 is 0.875 bits per heavy atom. The van der Waals surface area contributed by atoms with Crippen LogP contribution in [0.3, 0.4) is 0 Å². The van der Waals surface area contributed by atoms with Gasteiger partial charge in [0.2, 0.25) is 7.37 Å². The minimum atomic E-state index is -3.22. The highest BCUT2D eigenvalue weighted by Gasteiger charge is 2.52. The molecular weight excluding hydrogens is 427 g/mol. The van der Waals surface area contributed by atoms with Crippen molar-refractivity contribution in [1.82, 2.24) is 0 Å². The van der Waals surface area contributed by atoms with Crippen LogP contribution in [0.4, 0.5) is 0 Å². The third-order valence-corrected chi connectivity index (χ3v) is 8.93. The van der Waals surface area contributed by atoms with Gasteiger partial charge in [0, 0.05) is 25.1 Å². The molecule has 2 rings (SSSR count). The summed E-state index contributed by atoms with van der Waals surface area (Å²) in [5, 5.41) is 0.681. The minimum absolute atomic E-state index is 0.310. The van der Waals surface area contributed by atoms with Gasteiger partial charge in [-0.3, -0.25) is 4.57 Å². The van der Waals surface area contributed by atoms with Crippen LogP contribution in [0.25, 0.3) is 0 Å². The summed E-state index contributed by atoms with van der Waals surface area (Å²) in [7, 11) is -1.60. The molecule has 0 radical (unpaired) electrons. The van der Waals surface area contributed by atoms with Crippen LogP contribution in [0.15, 0.2) is 24.3 Å². The maximum absolute atomic E-state index is 14.3. The van der Waals surface area contributed by atoms with Crippen LogP contribution in [0.2, 0.25) is 0 Å². The van der Waals surface area contributed by atoms with Crippen LogP contribution < -0.4 is 10.0 Å². The summed E-state index contributed by atoms with van der Waals surface area (Å²) in [6.07, 6.45) is 4.98. The van der Waals surface area contributed by atoms with E-state index >= 15 is 0 Å². The summed E-state index contributed by atoms with van der Waals surface area (Å²) >= 11 is 0. The van der Waals surface area contributed by atoms with Gasteiger partial charge in [-0.25, -0.2) is 0 Å². The number of rotatable bonds is 15. The highest BCUT2D eigenvalue weighted by Crippen LogP contribution is 2.58. The Kier molecular flexibility index (Phi) is 12.3. The zero-order chi connectivity index (χ0) is 23.4. The monoisotopic (exact) mass is 470 g/mol. The van der Waals surface area contributed by atoms with Gasteiger partial charge in [-0.2, -0.15) is 0 Å². The van der Waals surface area contributed by atoms with Crippen LogP contribution >= 0.6 is 7.37 Å². The fourth-order valence-electron chi connectivity index (χ4n) is 3.86. The molecule has 32 heavy (non-hydrogen) atoms. The first kappa shape index (κ1) is 27.3. The lowest BCUT2D eigenvalue weighted by atomic mass is 10.0. The fraction of sp³-hybridized carbons (Fsp3) is 0.760. The molecule has 5 atom stereocenters. The summed E-state index contributed by atoms with van der Waals surface area (Å²) in [5.41, 5.74) is -0.328. The standard InChI is InChI=1S/C25H43O6P/c1-6-9-16-28-19-23-25(30-18-11-8-3)24(29-17-10-7-2)20(4)32(26,31-23)22-14-12-21(27-5)13-15-22/h12-15,20,23-25H,6-11,16-19H2,1-5H3/t20?,23-,24-,25-,32-/m1/s1. The normalized spacial score (nSPS) is 28.0. The van der Waals surface area contributed by atoms with E-state index < -0.39 is 13.5 Å². The summed E-state index contributed by atoms with van der Waals surface area (Å²) in [6.45, 7) is 10.6. The third-order valence-electron chi connectivity index (χ3n) is 5.97. The zero-order valence-electron chi connectivity index (χ0n) is 20.6. The number of unbranched alkanes of at least 4 members (excludes halogenated alkanes) is 3. The molecule has 1 heterocycles. The van der Waals surface area contributed by atoms with E-state index in [0.29, 0.717) is 31.7 Å². The van der Waals surface area contributed by atoms with E-state index in [1.165, 1.54) is 0 Å². The van der Waals surface area contributed by atoms with Crippen LogP contribution in [0, 0.1) is 0 Å². The lowest BCUT2D eigenvalue weighted by Crippen LogP contribution is -2.54. The van der Waals surface area contributed by atoms with Crippen molar-refractivity contribution in [2.45, 2.75) is 90.2 Å². The van der Waals surface area contributed by atoms with Crippen molar-refractivity contribution in [3.8, 4) is 5.75 Å². The molecule has 7 heteroatoms. The Morgan fingerprint density at radius 2 is 1.44 bits per heavy atom. The molecule has 1 unspecified atom stereocenters. The molecule has 0 aromatic heterocycles. The molecule has 0 amide bonds. The second-order valence-electron chi connectivity index (χ2n) is 8.49. The van der Waals surface area contributed by atoms with Crippen molar-refractivity contribution in [3.63, 3.8) is 0 Å². The summed E-state index contributed by atoms with van der Waals surface area (Å²) in [5.74, 6) is 0.723. The van der Waals surface area contributed by atoms with Gasteiger partial charge in [-0.05, 0) is 43.5 Å². The Bertz CT molecular complexity index is 680. The van der Waals surface area contributed by atoms with Crippen molar-refractivity contribution >= 4 is 12.7 Å². The maximum atomic E-state index is 14.3. The van der Waals surface area contributed by atoms with E-state index in [4.69, 9.17) is 23.5 Å². The quantitative estimate of drug-likeness (QED) is 0.247. The molecule has 1 aliphatic rings. The molecule has 1 aliphatic heterocycles. The van der Waals surface area contributed by atoms with Crippen molar-refractivity contribution in [2.24, 2.45) is 0 Å². The molecule has 0 aliphatic carbocycles. The second-order valence-corrected chi connectivity index (χ2v) is 11.2. The number of ether oxygens (including phenoxy) is 4. The number of benzene rings is 1. The molecule has 1 aromatic carbocycles. The second kappa shape index (κ2) is 14.4. The van der Waals surface area contributed by atoms with Gasteiger partial charge in [-0.15, -0.1) is 0 Å². The first-order valence-corrected chi connectivity index (χ1v) is 13.9. The molecule has 184 valence electrons. The van der Waals surface area contributed by atoms with Crippen molar-refractivity contribution in [2.75, 3.05) is 33.5 Å². The summed E-state index contributed by atoms with van der Waals surface area (Å²) in [4.78, 5) is 0. The van der Waals surface area contributed by atoms with Gasteiger partial charge in [0.1, 0.15) is 18.0 Å². The van der Waals surface area contributed by atoms with E-state index in [9.17, 15) is 4.57 Å². The smallest absolute Gasteiger partial charge is 0.237 e. The van der Waals surface area contributed by atoms with Crippen LogP contribution in [-0.4, -0.2) is 57.5 Å². The summed E-state index contributed by atoms with van der Waals surface area (Å²) < 4.78 is 44.6. The SMILES string of the molecule is CCCCOC[C@H]1O[P@@](=O)(c2ccc(OC)cc2)C(C)[C@@H](OCCCC)[C@@H]1OCCCC. The van der Waals surface area contributed by atoms with Crippen molar-refractivity contribution in [3.05, 3.63) is 24.3 Å². The molecule has 0 saturated carbocycles. The van der Waals surface area contributed by atoms with Gasteiger partial charge >= 0.3 is 0 Å². The largest absolute Gasteiger partial charge is 0.497 e. The first-order valence-electron chi connectivity index (χ1n) is 12.2. The van der Waals surface area contributed by atoms with E-state index in [2.05, 4.69) is 20.8 Å². The molecule has 1 saturated heterocycles. The highest BCUT2D eigenvalue weighted by molar-refractivity contribution is 7.67. The molecule has 0 spiro atoms. The van der Waals surface area contributed by atoms with Crippen molar-refractivity contribution < 1.29 is 28.0 Å². The molecule has 6 nitrogen and oxygen atoms in total. The van der Waals surface area contributed by atoms with Gasteiger partial charge < -0.3 is 23.5 Å². The number of hydrogen-bond donors (Lipinski definition) is 0. The van der Waals surface area contributed by atoms with Crippen LogP contribution in [0.5, 0.6) is 5.75 Å². The van der Waals surface area contributed by atoms with Crippen LogP contribution in [0.1, 0.15) is 66.2 Å². The lowest BCUT2D eigenvalue weighted by Gasteiger charge is -2.45. The Balaban J connectivity index is 2.33. The lowest BCUT2D eigenvalue weighted by molar-refractivity contribution is -0.143. The van der Waals surface area contributed by atoms with Gasteiger partial charge in [0.25, 0.3) is 0 Å². The maximum Gasteiger partial charge on any atom is 0.237 e. The molecule has 1 aromatic rings. The van der Waals surface area contributed by atoms with E-state index in [-0.39, 0.29) is 17.9 Å². The minimum Gasteiger partial charge on any atom is -0.497 e. The fourth-order valence-corrected chi connectivity index (χ4v) is 6.43. The van der Waals surface area contributed by atoms with Crippen LogP contribution in [-0.2, 0) is 23.3 Å². The highest BCUT2D eigenvalue weighted by atomic mass is 31.2. The predicted octanol–water partition coefficient (Wildman–Crippen LogP) is 5.57. The number of methoxy groups -OCH3 is 1. The summed E-state index contributed by atoms with van der Waals surface area (Å²) in [6, 6.07) is 7.34. The van der Waals surface area contributed by atoms with E-state index in [1.54, 1.807) is 7.11 Å².